The van der Waals surface area contributed by atoms with Gasteiger partial charge >= 0.3 is 0 Å². The van der Waals surface area contributed by atoms with Gasteiger partial charge in [-0.3, -0.25) is 4.79 Å². The predicted molar refractivity (Wildman–Crippen MR) is 91.9 cm³/mol. The lowest BCUT2D eigenvalue weighted by Crippen LogP contribution is -2.42. The van der Waals surface area contributed by atoms with Crippen molar-refractivity contribution in [3.05, 3.63) is 35.9 Å². The van der Waals surface area contributed by atoms with Crippen LogP contribution >= 0.6 is 23.1 Å². The average Bonchev–Trinajstić information content (AvgIpc) is 3.08. The van der Waals surface area contributed by atoms with E-state index in [0.29, 0.717) is 26.3 Å². The Kier molecular flexibility index (Phi) is 5.47. The Balaban J connectivity index is 1.82. The van der Waals surface area contributed by atoms with Gasteiger partial charge in [-0.2, -0.15) is 0 Å². The first kappa shape index (κ1) is 16.2. The highest BCUT2D eigenvalue weighted by molar-refractivity contribution is 8.01. The van der Waals surface area contributed by atoms with Gasteiger partial charge in [0, 0.05) is 20.1 Å². The second-order valence-corrected chi connectivity index (χ2v) is 7.30. The first-order valence-electron chi connectivity index (χ1n) is 7.37. The summed E-state index contributed by atoms with van der Waals surface area (Å²) >= 11 is 2.91. The Morgan fingerprint density at radius 2 is 2.04 bits per heavy atom. The van der Waals surface area contributed by atoms with Gasteiger partial charge in [0.1, 0.15) is 5.25 Å². The second-order valence-electron chi connectivity index (χ2n) is 4.97. The van der Waals surface area contributed by atoms with E-state index in [1.54, 1.807) is 0 Å². The molecule has 0 unspecified atom stereocenters. The fraction of sp³-hybridized carbons (Fsp3) is 0.400. The monoisotopic (exact) mass is 350 g/mol. The van der Waals surface area contributed by atoms with Crippen molar-refractivity contribution in [2.75, 3.05) is 38.7 Å². The third-order valence-electron chi connectivity index (χ3n) is 3.49. The van der Waals surface area contributed by atoms with E-state index in [1.165, 1.54) is 23.1 Å². The molecule has 1 amide bonds. The van der Waals surface area contributed by atoms with Crippen LogP contribution in [0.5, 0.6) is 0 Å². The highest BCUT2D eigenvalue weighted by Gasteiger charge is 2.29. The third-order valence-corrected chi connectivity index (χ3v) is 5.76. The summed E-state index contributed by atoms with van der Waals surface area (Å²) in [6.45, 7) is 2.47. The van der Waals surface area contributed by atoms with E-state index in [0.717, 1.165) is 15.0 Å². The summed E-state index contributed by atoms with van der Waals surface area (Å²) in [6.07, 6.45) is 0. The average molecular weight is 350 g/mol. The van der Waals surface area contributed by atoms with E-state index in [1.807, 2.05) is 42.3 Å². The number of benzene rings is 1. The van der Waals surface area contributed by atoms with Crippen LogP contribution in [-0.4, -0.2) is 54.4 Å². The number of nitrogens with zero attached hydrogens (tertiary/aromatic N) is 3. The van der Waals surface area contributed by atoms with E-state index >= 15 is 0 Å². The molecule has 1 fully saturated rings. The van der Waals surface area contributed by atoms with Crippen LogP contribution in [-0.2, 0) is 9.53 Å². The molecule has 0 saturated carbocycles. The number of hydrogen-bond acceptors (Lipinski definition) is 7. The second kappa shape index (κ2) is 7.76. The van der Waals surface area contributed by atoms with Crippen molar-refractivity contribution in [2.24, 2.45) is 0 Å². The summed E-state index contributed by atoms with van der Waals surface area (Å²) in [7, 11) is 1.81. The fourth-order valence-electron chi connectivity index (χ4n) is 2.30. The maximum Gasteiger partial charge on any atom is 0.240 e. The van der Waals surface area contributed by atoms with Gasteiger partial charge in [-0.25, -0.2) is 0 Å². The highest BCUT2D eigenvalue weighted by atomic mass is 32.2. The van der Waals surface area contributed by atoms with Crippen LogP contribution in [0.15, 0.2) is 34.7 Å². The van der Waals surface area contributed by atoms with E-state index in [2.05, 4.69) is 15.5 Å². The zero-order chi connectivity index (χ0) is 16.1. The molecule has 0 spiro atoms. The van der Waals surface area contributed by atoms with Gasteiger partial charge in [-0.05, 0) is 5.56 Å². The van der Waals surface area contributed by atoms with Gasteiger partial charge in [0.05, 0.1) is 13.2 Å². The summed E-state index contributed by atoms with van der Waals surface area (Å²) in [6, 6.07) is 9.82. The Morgan fingerprint density at radius 3 is 2.70 bits per heavy atom. The molecule has 122 valence electrons. The molecule has 1 N–H and O–H groups in total. The number of anilines is 1. The molecule has 8 heteroatoms. The van der Waals surface area contributed by atoms with Crippen molar-refractivity contribution in [3.8, 4) is 0 Å². The number of aromatic nitrogens is 2. The van der Waals surface area contributed by atoms with Crippen LogP contribution in [0.1, 0.15) is 10.8 Å². The quantitative estimate of drug-likeness (QED) is 0.835. The van der Waals surface area contributed by atoms with Crippen LogP contribution in [0.3, 0.4) is 0 Å². The molecular weight excluding hydrogens is 332 g/mol. The highest BCUT2D eigenvalue weighted by Crippen LogP contribution is 2.39. The van der Waals surface area contributed by atoms with Crippen LogP contribution in [0.2, 0.25) is 0 Å². The number of hydrogen-bond donors (Lipinski definition) is 1. The number of carbonyl (C=O) groups is 1. The lowest BCUT2D eigenvalue weighted by molar-refractivity contribution is -0.134. The Bertz CT molecular complexity index is 644. The summed E-state index contributed by atoms with van der Waals surface area (Å²) < 4.78 is 6.12. The maximum atomic E-state index is 13.0. The largest absolute Gasteiger partial charge is 0.378 e. The Hall–Kier alpha value is -1.64. The number of rotatable bonds is 5. The van der Waals surface area contributed by atoms with Crippen molar-refractivity contribution >= 4 is 34.1 Å². The van der Waals surface area contributed by atoms with Crippen molar-refractivity contribution < 1.29 is 9.53 Å². The Morgan fingerprint density at radius 1 is 1.30 bits per heavy atom. The first-order valence-corrected chi connectivity index (χ1v) is 9.07. The minimum Gasteiger partial charge on any atom is -0.378 e. The minimum atomic E-state index is -0.313. The van der Waals surface area contributed by atoms with Crippen molar-refractivity contribution in [1.82, 2.24) is 15.1 Å². The summed E-state index contributed by atoms with van der Waals surface area (Å²) in [5, 5.41) is 11.6. The summed E-state index contributed by atoms with van der Waals surface area (Å²) in [5.74, 6) is 0.103. The van der Waals surface area contributed by atoms with Gasteiger partial charge in [-0.15, -0.1) is 10.2 Å². The number of carbonyl (C=O) groups excluding carboxylic acids is 1. The zero-order valence-electron chi connectivity index (χ0n) is 12.8. The summed E-state index contributed by atoms with van der Waals surface area (Å²) in [4.78, 5) is 14.8. The van der Waals surface area contributed by atoms with E-state index in [-0.39, 0.29) is 11.2 Å². The minimum absolute atomic E-state index is 0.103. The normalized spacial score (nSPS) is 16.1. The summed E-state index contributed by atoms with van der Waals surface area (Å²) in [5.41, 5.74) is 0.982. The molecule has 2 heterocycles. The van der Waals surface area contributed by atoms with Gasteiger partial charge in [-0.1, -0.05) is 53.4 Å². The van der Waals surface area contributed by atoms with E-state index in [4.69, 9.17) is 4.74 Å². The number of morpholine rings is 1. The zero-order valence-corrected chi connectivity index (χ0v) is 14.4. The topological polar surface area (TPSA) is 67.4 Å². The number of thioether (sulfide) groups is 1. The lowest BCUT2D eigenvalue weighted by atomic mass is 10.1. The molecular formula is C15H18N4O2S2. The first-order chi connectivity index (χ1) is 11.3. The molecule has 1 aromatic heterocycles. The van der Waals surface area contributed by atoms with E-state index < -0.39 is 0 Å². The maximum absolute atomic E-state index is 13.0. The molecule has 2 aromatic rings. The lowest BCUT2D eigenvalue weighted by Gasteiger charge is -2.30. The van der Waals surface area contributed by atoms with Gasteiger partial charge < -0.3 is 15.0 Å². The molecule has 0 aliphatic carbocycles. The van der Waals surface area contributed by atoms with Crippen LogP contribution < -0.4 is 5.32 Å². The number of nitrogens with one attached hydrogen (secondary N) is 1. The van der Waals surface area contributed by atoms with Crippen LogP contribution in [0.4, 0.5) is 5.13 Å². The smallest absolute Gasteiger partial charge is 0.240 e. The van der Waals surface area contributed by atoms with Crippen LogP contribution in [0.25, 0.3) is 0 Å². The number of amides is 1. The van der Waals surface area contributed by atoms with Crippen molar-refractivity contribution in [3.63, 3.8) is 0 Å². The molecule has 1 aliphatic rings. The number of ether oxygens (including phenoxy) is 1. The molecule has 1 atom stereocenters. The third kappa shape index (κ3) is 4.01. The molecule has 1 aliphatic heterocycles. The molecule has 1 saturated heterocycles. The molecule has 6 nitrogen and oxygen atoms in total. The van der Waals surface area contributed by atoms with Crippen molar-refractivity contribution in [2.45, 2.75) is 9.59 Å². The van der Waals surface area contributed by atoms with E-state index in [9.17, 15) is 4.79 Å². The van der Waals surface area contributed by atoms with Gasteiger partial charge in [0.2, 0.25) is 11.0 Å². The van der Waals surface area contributed by atoms with Gasteiger partial charge in [0.15, 0.2) is 4.34 Å². The molecule has 0 radical (unpaired) electrons. The Labute approximate surface area is 143 Å². The predicted octanol–water partition coefficient (Wildman–Crippen LogP) is 2.27. The van der Waals surface area contributed by atoms with Gasteiger partial charge in [0.25, 0.3) is 0 Å². The van der Waals surface area contributed by atoms with Crippen LogP contribution in [0, 0.1) is 0 Å². The molecule has 1 aromatic carbocycles. The van der Waals surface area contributed by atoms with Crippen molar-refractivity contribution in [1.29, 1.82) is 0 Å². The molecule has 0 bridgehead atoms. The molecule has 23 heavy (non-hydrogen) atoms. The standard InChI is InChI=1S/C15H18N4O2S2/c1-16-14-17-18-15(23-14)22-12(11-5-3-2-4-6-11)13(20)19-7-9-21-10-8-19/h2-6,12H,7-10H2,1H3,(H,16,17)/t12-/m0/s1. The molecule has 3 rings (SSSR count). The SMILES string of the molecule is CNc1nnc(S[C@H](C(=O)N2CCOCC2)c2ccccc2)s1. The fourth-order valence-corrected chi connectivity index (χ4v) is 4.28.